The Morgan fingerprint density at radius 2 is 1.84 bits per heavy atom. The fraction of sp³-hybridized carbons (Fsp3) is 0.0714. The first-order valence-corrected chi connectivity index (χ1v) is 5.87. The van der Waals surface area contributed by atoms with Crippen LogP contribution in [0.4, 0.5) is 5.69 Å². The molecule has 0 bridgehead atoms. The van der Waals surface area contributed by atoms with Crippen LogP contribution in [0.5, 0.6) is 17.2 Å². The molecule has 0 aromatic heterocycles. The summed E-state index contributed by atoms with van der Waals surface area (Å²) in [5, 5.41) is 19.6. The van der Waals surface area contributed by atoms with E-state index in [1.54, 1.807) is 30.5 Å². The minimum absolute atomic E-state index is 0.0476. The van der Waals surface area contributed by atoms with E-state index < -0.39 is 0 Å². The molecule has 0 aliphatic heterocycles. The van der Waals surface area contributed by atoms with Gasteiger partial charge in [-0.2, -0.15) is 0 Å². The topological polar surface area (TPSA) is 62.0 Å². The molecule has 19 heavy (non-hydrogen) atoms. The number of aromatic hydroxyl groups is 2. The van der Waals surface area contributed by atoms with Gasteiger partial charge in [0, 0.05) is 11.2 Å². The SMILES string of the molecule is COc1cc(C=Nc2cc(Cl)ccc2O)ccc1O. The number of methoxy groups -OCH3 is 1. The van der Waals surface area contributed by atoms with Gasteiger partial charge in [-0.15, -0.1) is 0 Å². The molecule has 0 unspecified atom stereocenters. The van der Waals surface area contributed by atoms with Crippen molar-refractivity contribution in [2.45, 2.75) is 0 Å². The molecular weight excluding hydrogens is 266 g/mol. The lowest BCUT2D eigenvalue weighted by atomic mass is 10.2. The fourth-order valence-electron chi connectivity index (χ4n) is 1.52. The molecular formula is C14H12ClNO3. The minimum Gasteiger partial charge on any atom is -0.506 e. The molecule has 2 N–H and O–H groups in total. The molecule has 2 aromatic carbocycles. The summed E-state index contributed by atoms with van der Waals surface area (Å²) in [6.45, 7) is 0. The fourth-order valence-corrected chi connectivity index (χ4v) is 1.68. The Kier molecular flexibility index (Phi) is 3.92. The molecule has 98 valence electrons. The van der Waals surface area contributed by atoms with Crippen molar-refractivity contribution in [3.05, 3.63) is 47.0 Å². The maximum Gasteiger partial charge on any atom is 0.161 e. The van der Waals surface area contributed by atoms with E-state index in [-0.39, 0.29) is 11.5 Å². The summed E-state index contributed by atoms with van der Waals surface area (Å²) in [5.41, 5.74) is 1.11. The van der Waals surface area contributed by atoms with Gasteiger partial charge in [0.1, 0.15) is 11.4 Å². The smallest absolute Gasteiger partial charge is 0.161 e. The van der Waals surface area contributed by atoms with Crippen LogP contribution in [-0.2, 0) is 0 Å². The Bertz CT molecular complexity index is 626. The van der Waals surface area contributed by atoms with Crippen molar-refractivity contribution in [3.63, 3.8) is 0 Å². The second kappa shape index (κ2) is 5.63. The first-order valence-electron chi connectivity index (χ1n) is 5.50. The van der Waals surface area contributed by atoms with Gasteiger partial charge in [-0.25, -0.2) is 0 Å². The van der Waals surface area contributed by atoms with E-state index in [9.17, 15) is 10.2 Å². The maximum absolute atomic E-state index is 9.62. The van der Waals surface area contributed by atoms with E-state index in [0.29, 0.717) is 16.5 Å². The number of aliphatic imine (C=N–C) groups is 1. The number of rotatable bonds is 3. The molecule has 0 atom stereocenters. The number of nitrogens with zero attached hydrogens (tertiary/aromatic N) is 1. The van der Waals surface area contributed by atoms with E-state index in [4.69, 9.17) is 16.3 Å². The monoisotopic (exact) mass is 277 g/mol. The zero-order valence-corrected chi connectivity index (χ0v) is 10.9. The number of hydrogen-bond donors (Lipinski definition) is 2. The lowest BCUT2D eigenvalue weighted by Gasteiger charge is -2.03. The molecule has 0 saturated heterocycles. The number of benzene rings is 2. The summed E-state index contributed by atoms with van der Waals surface area (Å²) in [6.07, 6.45) is 1.55. The van der Waals surface area contributed by atoms with E-state index in [0.717, 1.165) is 5.56 Å². The van der Waals surface area contributed by atoms with Crippen molar-refractivity contribution in [2.75, 3.05) is 7.11 Å². The highest BCUT2D eigenvalue weighted by Gasteiger charge is 2.02. The summed E-state index contributed by atoms with van der Waals surface area (Å²) >= 11 is 5.83. The van der Waals surface area contributed by atoms with Crippen molar-refractivity contribution >= 4 is 23.5 Å². The lowest BCUT2D eigenvalue weighted by Crippen LogP contribution is -1.87. The van der Waals surface area contributed by atoms with Gasteiger partial charge in [0.2, 0.25) is 0 Å². The maximum atomic E-state index is 9.62. The molecule has 0 radical (unpaired) electrons. The van der Waals surface area contributed by atoms with Crippen LogP contribution in [0.3, 0.4) is 0 Å². The summed E-state index contributed by atoms with van der Waals surface area (Å²) in [6, 6.07) is 9.46. The third-order valence-electron chi connectivity index (χ3n) is 2.49. The Balaban J connectivity index is 2.29. The molecule has 0 aliphatic carbocycles. The number of ether oxygens (including phenoxy) is 1. The average molecular weight is 278 g/mol. The number of phenolic OH excluding ortho intramolecular Hbond substituents is 2. The first-order chi connectivity index (χ1) is 9.10. The summed E-state index contributed by atoms with van der Waals surface area (Å²) < 4.78 is 5.00. The molecule has 0 aliphatic rings. The average Bonchev–Trinajstić information content (AvgIpc) is 2.41. The van der Waals surface area contributed by atoms with E-state index in [1.165, 1.54) is 19.2 Å². The molecule has 0 fully saturated rings. The van der Waals surface area contributed by atoms with Gasteiger partial charge in [0.05, 0.1) is 7.11 Å². The van der Waals surface area contributed by atoms with Crippen molar-refractivity contribution in [1.29, 1.82) is 0 Å². The van der Waals surface area contributed by atoms with Crippen molar-refractivity contribution in [2.24, 2.45) is 4.99 Å². The standard InChI is InChI=1S/C14H12ClNO3/c1-19-14-6-9(2-4-13(14)18)8-16-11-7-10(15)3-5-12(11)17/h2-8,17-18H,1H3. The molecule has 0 amide bonds. The van der Waals surface area contributed by atoms with Gasteiger partial charge in [-0.1, -0.05) is 11.6 Å². The van der Waals surface area contributed by atoms with E-state index in [1.807, 2.05) is 0 Å². The normalized spacial score (nSPS) is 10.8. The van der Waals surface area contributed by atoms with Gasteiger partial charge >= 0.3 is 0 Å². The van der Waals surface area contributed by atoms with Gasteiger partial charge in [0.25, 0.3) is 0 Å². The van der Waals surface area contributed by atoms with E-state index >= 15 is 0 Å². The third-order valence-corrected chi connectivity index (χ3v) is 2.73. The van der Waals surface area contributed by atoms with E-state index in [2.05, 4.69) is 4.99 Å². The van der Waals surface area contributed by atoms with Crippen molar-refractivity contribution < 1.29 is 14.9 Å². The molecule has 0 heterocycles. The van der Waals surface area contributed by atoms with Crippen LogP contribution in [0, 0.1) is 0 Å². The number of halogens is 1. The summed E-state index contributed by atoms with van der Waals surface area (Å²) in [7, 11) is 1.47. The Morgan fingerprint density at radius 3 is 2.58 bits per heavy atom. The Labute approximate surface area is 115 Å². The second-order valence-electron chi connectivity index (χ2n) is 3.82. The van der Waals surface area contributed by atoms with Crippen LogP contribution in [0.25, 0.3) is 0 Å². The van der Waals surface area contributed by atoms with Gasteiger partial charge in [0.15, 0.2) is 11.5 Å². The van der Waals surface area contributed by atoms with Crippen LogP contribution in [0.2, 0.25) is 5.02 Å². The van der Waals surface area contributed by atoms with Crippen LogP contribution in [0.15, 0.2) is 41.4 Å². The Morgan fingerprint density at radius 1 is 1.11 bits per heavy atom. The first kappa shape index (κ1) is 13.2. The third kappa shape index (κ3) is 3.17. The largest absolute Gasteiger partial charge is 0.506 e. The highest BCUT2D eigenvalue weighted by atomic mass is 35.5. The molecule has 0 spiro atoms. The summed E-state index contributed by atoms with van der Waals surface area (Å²) in [4.78, 5) is 4.15. The van der Waals surface area contributed by atoms with Crippen LogP contribution < -0.4 is 4.74 Å². The minimum atomic E-state index is 0.0476. The highest BCUT2D eigenvalue weighted by Crippen LogP contribution is 2.30. The zero-order chi connectivity index (χ0) is 13.8. The van der Waals surface area contributed by atoms with Crippen molar-refractivity contribution in [1.82, 2.24) is 0 Å². The molecule has 0 saturated carbocycles. The predicted octanol–water partition coefficient (Wildman–Crippen LogP) is 3.51. The van der Waals surface area contributed by atoms with Gasteiger partial charge in [-0.05, 0) is 42.0 Å². The van der Waals surface area contributed by atoms with Crippen LogP contribution in [-0.4, -0.2) is 23.5 Å². The van der Waals surface area contributed by atoms with Gasteiger partial charge in [-0.3, -0.25) is 4.99 Å². The molecule has 2 aromatic rings. The zero-order valence-electron chi connectivity index (χ0n) is 10.2. The quantitative estimate of drug-likeness (QED) is 0.844. The lowest BCUT2D eigenvalue weighted by molar-refractivity contribution is 0.373. The summed E-state index contributed by atoms with van der Waals surface area (Å²) in [5.74, 6) is 0.468. The number of hydrogen-bond acceptors (Lipinski definition) is 4. The predicted molar refractivity (Wildman–Crippen MR) is 75.0 cm³/mol. The highest BCUT2D eigenvalue weighted by molar-refractivity contribution is 6.30. The molecule has 4 nitrogen and oxygen atoms in total. The molecule has 5 heteroatoms. The number of phenols is 2. The second-order valence-corrected chi connectivity index (χ2v) is 4.26. The van der Waals surface area contributed by atoms with Crippen LogP contribution in [0.1, 0.15) is 5.56 Å². The molecule has 2 rings (SSSR count). The van der Waals surface area contributed by atoms with Crippen molar-refractivity contribution in [3.8, 4) is 17.2 Å². The Hall–Kier alpha value is -2.20. The van der Waals surface area contributed by atoms with Crippen LogP contribution >= 0.6 is 11.6 Å². The van der Waals surface area contributed by atoms with Gasteiger partial charge < -0.3 is 14.9 Å².